The largest absolute Gasteiger partial charge is 0.497 e. The van der Waals surface area contributed by atoms with Crippen LogP contribution in [0.15, 0.2) is 52.0 Å². The lowest BCUT2D eigenvalue weighted by Gasteiger charge is -2.33. The van der Waals surface area contributed by atoms with Gasteiger partial charge in [0.15, 0.2) is 5.76 Å². The summed E-state index contributed by atoms with van der Waals surface area (Å²) in [5.41, 5.74) is 0. The molecule has 0 unspecified atom stereocenters. The van der Waals surface area contributed by atoms with Crippen molar-refractivity contribution < 1.29 is 22.4 Å². The monoisotopic (exact) mass is 350 g/mol. The Kier molecular flexibility index (Phi) is 4.59. The molecule has 24 heavy (non-hydrogen) atoms. The molecule has 1 amide bonds. The number of piperazine rings is 1. The highest BCUT2D eigenvalue weighted by Crippen LogP contribution is 2.21. The minimum absolute atomic E-state index is 0.217. The van der Waals surface area contributed by atoms with E-state index in [0.29, 0.717) is 18.8 Å². The molecular formula is C16H18N2O5S. The molecule has 0 aliphatic carbocycles. The van der Waals surface area contributed by atoms with Gasteiger partial charge >= 0.3 is 0 Å². The second-order valence-electron chi connectivity index (χ2n) is 5.35. The average molecular weight is 350 g/mol. The van der Waals surface area contributed by atoms with E-state index in [2.05, 4.69) is 0 Å². The first-order valence-electron chi connectivity index (χ1n) is 7.49. The molecule has 1 aliphatic rings. The summed E-state index contributed by atoms with van der Waals surface area (Å²) in [4.78, 5) is 14.0. The first-order valence-corrected chi connectivity index (χ1v) is 8.93. The van der Waals surface area contributed by atoms with E-state index in [1.165, 1.54) is 29.8 Å². The van der Waals surface area contributed by atoms with E-state index in [1.54, 1.807) is 29.2 Å². The molecule has 1 aliphatic heterocycles. The number of carbonyl (C=O) groups is 1. The minimum atomic E-state index is -3.57. The van der Waals surface area contributed by atoms with Gasteiger partial charge in [-0.25, -0.2) is 8.42 Å². The fraction of sp³-hybridized carbons (Fsp3) is 0.312. The fourth-order valence-corrected chi connectivity index (χ4v) is 4.01. The van der Waals surface area contributed by atoms with Gasteiger partial charge in [0.2, 0.25) is 10.0 Å². The Labute approximate surface area is 140 Å². The Morgan fingerprint density at radius 1 is 1.08 bits per heavy atom. The summed E-state index contributed by atoms with van der Waals surface area (Å²) in [6.45, 7) is 1.16. The Bertz CT molecular complexity index is 792. The van der Waals surface area contributed by atoms with Crippen LogP contribution >= 0.6 is 0 Å². The smallest absolute Gasteiger partial charge is 0.289 e. The molecule has 0 bridgehead atoms. The number of hydrogen-bond acceptors (Lipinski definition) is 5. The first-order chi connectivity index (χ1) is 11.5. The van der Waals surface area contributed by atoms with Gasteiger partial charge in [-0.05, 0) is 36.4 Å². The van der Waals surface area contributed by atoms with Crippen LogP contribution in [0.25, 0.3) is 0 Å². The van der Waals surface area contributed by atoms with E-state index in [1.807, 2.05) is 0 Å². The van der Waals surface area contributed by atoms with Crippen molar-refractivity contribution in [2.24, 2.45) is 0 Å². The van der Waals surface area contributed by atoms with Crippen molar-refractivity contribution in [2.45, 2.75) is 4.90 Å². The zero-order valence-corrected chi connectivity index (χ0v) is 14.0. The van der Waals surface area contributed by atoms with Crippen molar-refractivity contribution in [3.05, 3.63) is 48.4 Å². The molecular weight excluding hydrogens is 332 g/mol. The normalized spacial score (nSPS) is 16.1. The number of rotatable bonds is 4. The van der Waals surface area contributed by atoms with Gasteiger partial charge < -0.3 is 14.1 Å². The third-order valence-corrected chi connectivity index (χ3v) is 5.87. The maximum atomic E-state index is 12.7. The summed E-state index contributed by atoms with van der Waals surface area (Å²) in [5, 5.41) is 0. The summed E-state index contributed by atoms with van der Waals surface area (Å²) in [6, 6.07) is 9.52. The van der Waals surface area contributed by atoms with Crippen LogP contribution in [-0.4, -0.2) is 56.8 Å². The Hall–Kier alpha value is -2.32. The summed E-state index contributed by atoms with van der Waals surface area (Å²) in [6.07, 6.45) is 1.44. The van der Waals surface area contributed by atoms with Crippen molar-refractivity contribution >= 4 is 15.9 Å². The van der Waals surface area contributed by atoms with Gasteiger partial charge in [0.05, 0.1) is 18.3 Å². The van der Waals surface area contributed by atoms with Crippen LogP contribution in [0.2, 0.25) is 0 Å². The molecule has 1 fully saturated rings. The lowest BCUT2D eigenvalue weighted by molar-refractivity contribution is 0.0666. The number of nitrogens with zero attached hydrogens (tertiary/aromatic N) is 2. The van der Waals surface area contributed by atoms with Crippen LogP contribution in [0.5, 0.6) is 5.75 Å². The Balaban J connectivity index is 1.68. The maximum Gasteiger partial charge on any atom is 0.289 e. The third kappa shape index (κ3) is 3.15. The van der Waals surface area contributed by atoms with Crippen LogP contribution in [0.3, 0.4) is 0 Å². The highest BCUT2D eigenvalue weighted by molar-refractivity contribution is 7.89. The van der Waals surface area contributed by atoms with Crippen molar-refractivity contribution in [1.29, 1.82) is 0 Å². The summed E-state index contributed by atoms with van der Waals surface area (Å²) < 4.78 is 36.8. The molecule has 7 nitrogen and oxygen atoms in total. The second kappa shape index (κ2) is 6.66. The zero-order chi connectivity index (χ0) is 17.2. The number of amides is 1. The van der Waals surface area contributed by atoms with Crippen LogP contribution in [-0.2, 0) is 10.0 Å². The number of furan rings is 1. The molecule has 0 N–H and O–H groups in total. The average Bonchev–Trinajstić information content (AvgIpc) is 3.16. The summed E-state index contributed by atoms with van der Waals surface area (Å²) >= 11 is 0. The summed E-state index contributed by atoms with van der Waals surface area (Å²) in [5.74, 6) is 0.644. The van der Waals surface area contributed by atoms with Gasteiger partial charge in [0.25, 0.3) is 5.91 Å². The number of hydrogen-bond donors (Lipinski definition) is 0. The van der Waals surface area contributed by atoms with Crippen molar-refractivity contribution in [3.8, 4) is 5.75 Å². The molecule has 2 aromatic rings. The molecule has 0 radical (unpaired) electrons. The predicted molar refractivity (Wildman–Crippen MR) is 86.4 cm³/mol. The standard InChI is InChI=1S/C16H18N2O5S/c1-22-13-4-6-14(7-5-13)24(20,21)18-10-8-17(9-11-18)16(19)15-3-2-12-23-15/h2-7,12H,8-11H2,1H3. The van der Waals surface area contributed by atoms with Gasteiger partial charge in [-0.2, -0.15) is 4.31 Å². The molecule has 0 atom stereocenters. The highest BCUT2D eigenvalue weighted by atomic mass is 32.2. The number of sulfonamides is 1. The van der Waals surface area contributed by atoms with E-state index in [9.17, 15) is 13.2 Å². The second-order valence-corrected chi connectivity index (χ2v) is 7.29. The topological polar surface area (TPSA) is 80.1 Å². The van der Waals surface area contributed by atoms with E-state index >= 15 is 0 Å². The first kappa shape index (κ1) is 16.5. The molecule has 2 heterocycles. The minimum Gasteiger partial charge on any atom is -0.497 e. The van der Waals surface area contributed by atoms with Crippen LogP contribution in [0.4, 0.5) is 0 Å². The van der Waals surface area contributed by atoms with Crippen LogP contribution in [0, 0.1) is 0 Å². The molecule has 1 saturated heterocycles. The van der Waals surface area contributed by atoms with Gasteiger partial charge in [-0.1, -0.05) is 0 Å². The maximum absolute atomic E-state index is 12.7. The Morgan fingerprint density at radius 2 is 1.75 bits per heavy atom. The van der Waals surface area contributed by atoms with E-state index in [4.69, 9.17) is 9.15 Å². The molecule has 3 rings (SSSR count). The lowest BCUT2D eigenvalue weighted by atomic mass is 10.3. The van der Waals surface area contributed by atoms with Gasteiger partial charge in [-0.3, -0.25) is 4.79 Å². The molecule has 1 aromatic carbocycles. The summed E-state index contributed by atoms with van der Waals surface area (Å²) in [7, 11) is -2.05. The quantitative estimate of drug-likeness (QED) is 0.833. The van der Waals surface area contributed by atoms with E-state index in [0.717, 1.165) is 0 Å². The zero-order valence-electron chi connectivity index (χ0n) is 13.2. The van der Waals surface area contributed by atoms with Crippen molar-refractivity contribution in [2.75, 3.05) is 33.3 Å². The number of benzene rings is 1. The molecule has 8 heteroatoms. The van der Waals surface area contributed by atoms with Gasteiger partial charge in [-0.15, -0.1) is 0 Å². The molecule has 128 valence electrons. The lowest BCUT2D eigenvalue weighted by Crippen LogP contribution is -2.50. The number of ether oxygens (including phenoxy) is 1. The molecule has 0 spiro atoms. The fourth-order valence-electron chi connectivity index (χ4n) is 2.58. The van der Waals surface area contributed by atoms with E-state index in [-0.39, 0.29) is 29.7 Å². The molecule has 1 aromatic heterocycles. The van der Waals surface area contributed by atoms with Crippen LogP contribution < -0.4 is 4.74 Å². The van der Waals surface area contributed by atoms with E-state index < -0.39 is 10.0 Å². The van der Waals surface area contributed by atoms with Crippen molar-refractivity contribution in [3.63, 3.8) is 0 Å². The highest BCUT2D eigenvalue weighted by Gasteiger charge is 2.31. The van der Waals surface area contributed by atoms with Gasteiger partial charge in [0, 0.05) is 26.2 Å². The molecule has 0 saturated carbocycles. The number of methoxy groups -OCH3 is 1. The number of carbonyl (C=O) groups excluding carboxylic acids is 1. The SMILES string of the molecule is COc1ccc(S(=O)(=O)N2CCN(C(=O)c3ccco3)CC2)cc1. The third-order valence-electron chi connectivity index (χ3n) is 3.96. The Morgan fingerprint density at radius 3 is 2.29 bits per heavy atom. The predicted octanol–water partition coefficient (Wildman–Crippen LogP) is 1.43. The van der Waals surface area contributed by atoms with Crippen LogP contribution in [0.1, 0.15) is 10.6 Å². The van der Waals surface area contributed by atoms with Crippen molar-refractivity contribution in [1.82, 2.24) is 9.21 Å². The van der Waals surface area contributed by atoms with Gasteiger partial charge in [0.1, 0.15) is 5.75 Å².